The quantitative estimate of drug-likeness (QED) is 0.917. The Morgan fingerprint density at radius 3 is 2.95 bits per heavy atom. The van der Waals surface area contributed by atoms with Crippen LogP contribution in [-0.2, 0) is 4.74 Å². The minimum absolute atomic E-state index is 0.223. The predicted molar refractivity (Wildman–Crippen MR) is 76.4 cm³/mol. The molecule has 1 aliphatic rings. The molecule has 1 amide bonds. The van der Waals surface area contributed by atoms with Gasteiger partial charge in [-0.2, -0.15) is 0 Å². The highest BCUT2D eigenvalue weighted by Gasteiger charge is 2.29. The second-order valence-electron chi connectivity index (χ2n) is 6.05. The first-order valence-electron chi connectivity index (χ1n) is 6.92. The monoisotopic (exact) mass is 278 g/mol. The van der Waals surface area contributed by atoms with Gasteiger partial charge in [0, 0.05) is 32.0 Å². The molecule has 2 heterocycles. The van der Waals surface area contributed by atoms with Crippen LogP contribution in [-0.4, -0.2) is 46.2 Å². The number of nitrogens with one attached hydrogen (secondary N) is 1. The van der Waals surface area contributed by atoms with Crippen molar-refractivity contribution in [2.75, 3.05) is 25.0 Å². The third-order valence-corrected chi connectivity index (χ3v) is 3.07. The van der Waals surface area contributed by atoms with E-state index in [0.717, 1.165) is 31.9 Å². The van der Waals surface area contributed by atoms with Crippen LogP contribution in [0.5, 0.6) is 0 Å². The second-order valence-corrected chi connectivity index (χ2v) is 6.05. The predicted octanol–water partition coefficient (Wildman–Crippen LogP) is 2.15. The van der Waals surface area contributed by atoms with Crippen molar-refractivity contribution in [3.05, 3.63) is 18.6 Å². The van der Waals surface area contributed by atoms with Crippen LogP contribution in [0.2, 0.25) is 0 Å². The van der Waals surface area contributed by atoms with E-state index < -0.39 is 5.60 Å². The van der Waals surface area contributed by atoms with E-state index in [1.807, 2.05) is 20.8 Å². The summed E-state index contributed by atoms with van der Waals surface area (Å²) >= 11 is 0. The van der Waals surface area contributed by atoms with Gasteiger partial charge >= 0.3 is 6.09 Å². The molecular weight excluding hydrogens is 256 g/mol. The van der Waals surface area contributed by atoms with E-state index in [1.54, 1.807) is 23.5 Å². The standard InChI is InChI=1S/C14H22N4O2/c1-14(2,3)20-13(19)18-7-4-11(10-18)8-17-12-9-15-5-6-16-12/h5-6,9,11H,4,7-8,10H2,1-3H3,(H,16,17). The van der Waals surface area contributed by atoms with Crippen molar-refractivity contribution in [2.24, 2.45) is 5.92 Å². The maximum absolute atomic E-state index is 11.9. The molecule has 0 saturated carbocycles. The topological polar surface area (TPSA) is 67.3 Å². The SMILES string of the molecule is CC(C)(C)OC(=O)N1CCC(CNc2cnccn2)C1. The second kappa shape index (κ2) is 6.07. The third kappa shape index (κ3) is 4.36. The molecule has 1 aliphatic heterocycles. The van der Waals surface area contributed by atoms with Gasteiger partial charge in [0.05, 0.1) is 6.20 Å². The van der Waals surface area contributed by atoms with Crippen LogP contribution in [0.4, 0.5) is 10.6 Å². The molecule has 0 aromatic carbocycles. The zero-order valence-electron chi connectivity index (χ0n) is 12.3. The fourth-order valence-corrected chi connectivity index (χ4v) is 2.13. The molecule has 1 fully saturated rings. The molecule has 6 heteroatoms. The lowest BCUT2D eigenvalue weighted by Crippen LogP contribution is -2.35. The Bertz CT molecular complexity index is 444. The van der Waals surface area contributed by atoms with Gasteiger partial charge in [-0.15, -0.1) is 0 Å². The summed E-state index contributed by atoms with van der Waals surface area (Å²) in [6.07, 6.45) is 5.75. The lowest BCUT2D eigenvalue weighted by atomic mass is 10.1. The molecule has 0 aliphatic carbocycles. The summed E-state index contributed by atoms with van der Waals surface area (Å²) in [5.41, 5.74) is -0.437. The third-order valence-electron chi connectivity index (χ3n) is 3.07. The zero-order valence-corrected chi connectivity index (χ0v) is 12.3. The Morgan fingerprint density at radius 1 is 1.50 bits per heavy atom. The number of ether oxygens (including phenoxy) is 1. The molecule has 1 N–H and O–H groups in total. The smallest absolute Gasteiger partial charge is 0.410 e. The molecule has 1 saturated heterocycles. The van der Waals surface area contributed by atoms with Gasteiger partial charge in [0.15, 0.2) is 0 Å². The van der Waals surface area contributed by atoms with Gasteiger partial charge in [0.2, 0.25) is 0 Å². The average Bonchev–Trinajstić information content (AvgIpc) is 2.84. The van der Waals surface area contributed by atoms with Gasteiger partial charge in [-0.1, -0.05) is 0 Å². The van der Waals surface area contributed by atoms with Gasteiger partial charge in [-0.05, 0) is 33.1 Å². The van der Waals surface area contributed by atoms with E-state index in [0.29, 0.717) is 5.92 Å². The maximum Gasteiger partial charge on any atom is 0.410 e. The van der Waals surface area contributed by atoms with E-state index in [-0.39, 0.29) is 6.09 Å². The summed E-state index contributed by atoms with van der Waals surface area (Å²) in [5.74, 6) is 1.19. The van der Waals surface area contributed by atoms with Crippen molar-refractivity contribution in [3.8, 4) is 0 Å². The molecule has 6 nitrogen and oxygen atoms in total. The van der Waals surface area contributed by atoms with Gasteiger partial charge in [-0.25, -0.2) is 9.78 Å². The molecule has 0 radical (unpaired) electrons. The van der Waals surface area contributed by atoms with E-state index in [4.69, 9.17) is 4.74 Å². The van der Waals surface area contributed by atoms with E-state index >= 15 is 0 Å². The van der Waals surface area contributed by atoms with Gasteiger partial charge in [0.25, 0.3) is 0 Å². The van der Waals surface area contributed by atoms with Gasteiger partial charge < -0.3 is 15.0 Å². The highest BCUT2D eigenvalue weighted by Crippen LogP contribution is 2.19. The van der Waals surface area contributed by atoms with Crippen LogP contribution in [0.25, 0.3) is 0 Å². The normalized spacial score (nSPS) is 18.9. The minimum atomic E-state index is -0.437. The van der Waals surface area contributed by atoms with Crippen molar-refractivity contribution in [1.29, 1.82) is 0 Å². The van der Waals surface area contributed by atoms with Crippen LogP contribution in [0.3, 0.4) is 0 Å². The Morgan fingerprint density at radius 2 is 2.30 bits per heavy atom. The van der Waals surface area contributed by atoms with Crippen molar-refractivity contribution < 1.29 is 9.53 Å². The highest BCUT2D eigenvalue weighted by atomic mass is 16.6. The van der Waals surface area contributed by atoms with Crippen LogP contribution in [0.15, 0.2) is 18.6 Å². The van der Waals surface area contributed by atoms with E-state index in [1.165, 1.54) is 0 Å². The first-order chi connectivity index (χ1) is 9.44. The van der Waals surface area contributed by atoms with Crippen LogP contribution >= 0.6 is 0 Å². The Kier molecular flexibility index (Phi) is 4.42. The summed E-state index contributed by atoms with van der Waals surface area (Å²) in [7, 11) is 0. The highest BCUT2D eigenvalue weighted by molar-refractivity contribution is 5.68. The lowest BCUT2D eigenvalue weighted by Gasteiger charge is -2.24. The molecule has 0 bridgehead atoms. The van der Waals surface area contributed by atoms with Crippen LogP contribution in [0, 0.1) is 5.92 Å². The number of hydrogen-bond donors (Lipinski definition) is 1. The number of amides is 1. The molecular formula is C14H22N4O2. The number of aromatic nitrogens is 2. The fourth-order valence-electron chi connectivity index (χ4n) is 2.13. The zero-order chi connectivity index (χ0) is 14.6. The van der Waals surface area contributed by atoms with Crippen molar-refractivity contribution in [1.82, 2.24) is 14.9 Å². The summed E-state index contributed by atoms with van der Waals surface area (Å²) in [4.78, 5) is 21.9. The summed E-state index contributed by atoms with van der Waals surface area (Å²) in [5, 5.41) is 3.24. The number of nitrogens with zero attached hydrogens (tertiary/aromatic N) is 3. The van der Waals surface area contributed by atoms with Gasteiger partial charge in [0.1, 0.15) is 11.4 Å². The molecule has 1 aromatic rings. The first kappa shape index (κ1) is 14.6. The molecule has 1 atom stereocenters. The number of carbonyl (C=O) groups excluding carboxylic acids is 1. The average molecular weight is 278 g/mol. The number of likely N-dealkylation sites (tertiary alicyclic amines) is 1. The van der Waals surface area contributed by atoms with Gasteiger partial charge in [-0.3, -0.25) is 4.98 Å². The maximum atomic E-state index is 11.9. The summed E-state index contributed by atoms with van der Waals surface area (Å²) in [6.45, 7) is 7.91. The summed E-state index contributed by atoms with van der Waals surface area (Å²) in [6, 6.07) is 0. The fraction of sp³-hybridized carbons (Fsp3) is 0.643. The molecule has 0 spiro atoms. The molecule has 2 rings (SSSR count). The molecule has 110 valence electrons. The number of hydrogen-bond acceptors (Lipinski definition) is 5. The van der Waals surface area contributed by atoms with Crippen molar-refractivity contribution in [2.45, 2.75) is 32.8 Å². The summed E-state index contributed by atoms with van der Waals surface area (Å²) < 4.78 is 5.38. The Labute approximate surface area is 119 Å². The number of anilines is 1. The Balaban J connectivity index is 1.76. The molecule has 1 unspecified atom stereocenters. The number of carbonyl (C=O) groups is 1. The lowest BCUT2D eigenvalue weighted by molar-refractivity contribution is 0.0289. The van der Waals surface area contributed by atoms with Crippen molar-refractivity contribution in [3.63, 3.8) is 0 Å². The van der Waals surface area contributed by atoms with Crippen LogP contribution in [0.1, 0.15) is 27.2 Å². The Hall–Kier alpha value is -1.85. The van der Waals surface area contributed by atoms with E-state index in [9.17, 15) is 4.79 Å². The van der Waals surface area contributed by atoms with E-state index in [2.05, 4.69) is 15.3 Å². The number of rotatable bonds is 3. The molecule has 1 aromatic heterocycles. The minimum Gasteiger partial charge on any atom is -0.444 e. The van der Waals surface area contributed by atoms with Crippen LogP contribution < -0.4 is 5.32 Å². The largest absolute Gasteiger partial charge is 0.444 e. The van der Waals surface area contributed by atoms with Crippen molar-refractivity contribution >= 4 is 11.9 Å². The first-order valence-corrected chi connectivity index (χ1v) is 6.92. The molecule has 20 heavy (non-hydrogen) atoms.